The fraction of sp³-hybridized carbons (Fsp3) is 0.0833. The molecule has 1 aromatic heterocycles. The third-order valence-corrected chi connectivity index (χ3v) is 5.99. The highest BCUT2D eigenvalue weighted by atomic mass is 32.2. The molecule has 2 N–H and O–H groups in total. The van der Waals surface area contributed by atoms with Gasteiger partial charge in [0.1, 0.15) is 17.9 Å². The molecule has 0 aliphatic heterocycles. The van der Waals surface area contributed by atoms with Crippen molar-refractivity contribution in [2.24, 2.45) is 0 Å². The van der Waals surface area contributed by atoms with Gasteiger partial charge in [-0.25, -0.2) is 8.42 Å². The molecule has 0 radical (unpaired) electrons. The third kappa shape index (κ3) is 5.04. The van der Waals surface area contributed by atoms with Crippen LogP contribution >= 0.6 is 0 Å². The first-order valence-electron chi connectivity index (χ1n) is 9.92. The number of furan rings is 1. The van der Waals surface area contributed by atoms with Crippen molar-refractivity contribution in [1.29, 1.82) is 0 Å². The number of amides is 2. The molecule has 0 saturated carbocycles. The molecule has 0 aliphatic rings. The molecule has 0 unspecified atom stereocenters. The normalized spacial score (nSPS) is 11.2. The van der Waals surface area contributed by atoms with Gasteiger partial charge in [0.2, 0.25) is 5.76 Å². The summed E-state index contributed by atoms with van der Waals surface area (Å²) < 4.78 is 34.7. The molecule has 0 aliphatic carbocycles. The summed E-state index contributed by atoms with van der Waals surface area (Å²) in [5, 5.41) is 0.723. The van der Waals surface area contributed by atoms with E-state index >= 15 is 0 Å². The number of hydrazine groups is 1. The molecular formula is C24H20N2O6S. The first-order chi connectivity index (χ1) is 15.8. The van der Waals surface area contributed by atoms with Crippen molar-refractivity contribution in [3.05, 3.63) is 95.7 Å². The number of sulfone groups is 1. The van der Waals surface area contributed by atoms with Crippen LogP contribution in [0.5, 0.6) is 5.75 Å². The standard InChI is InChI=1S/C24H20N2O6S/c1-33(29,30)18-13-11-16(12-14-18)23(27)25-26-24(28)22-20(15-31-17-7-3-2-4-8-17)19-9-5-6-10-21(19)32-22/h2-14H,15H2,1H3,(H,25,27)(H,26,28). The van der Waals surface area contributed by atoms with Gasteiger partial charge in [0, 0.05) is 22.8 Å². The summed E-state index contributed by atoms with van der Waals surface area (Å²) in [6, 6.07) is 21.7. The summed E-state index contributed by atoms with van der Waals surface area (Å²) in [6.45, 7) is 0.0880. The van der Waals surface area contributed by atoms with Crippen LogP contribution in [0.4, 0.5) is 0 Å². The van der Waals surface area contributed by atoms with Crippen molar-refractivity contribution >= 4 is 32.6 Å². The Balaban J connectivity index is 1.50. The van der Waals surface area contributed by atoms with Gasteiger partial charge in [0.05, 0.1) is 4.90 Å². The van der Waals surface area contributed by atoms with Gasteiger partial charge in [-0.05, 0) is 42.5 Å². The van der Waals surface area contributed by atoms with Gasteiger partial charge in [-0.1, -0.05) is 36.4 Å². The lowest BCUT2D eigenvalue weighted by molar-refractivity contribution is 0.0830. The van der Waals surface area contributed by atoms with Crippen molar-refractivity contribution in [2.45, 2.75) is 11.5 Å². The molecule has 0 fully saturated rings. The number of ether oxygens (including phenoxy) is 1. The number of benzene rings is 3. The van der Waals surface area contributed by atoms with Crippen LogP contribution in [-0.4, -0.2) is 26.5 Å². The molecule has 0 spiro atoms. The molecule has 0 bridgehead atoms. The minimum absolute atomic E-state index is 0.0138. The zero-order valence-corrected chi connectivity index (χ0v) is 18.4. The number of hydrogen-bond acceptors (Lipinski definition) is 6. The Kier molecular flexibility index (Phi) is 6.14. The second-order valence-corrected chi connectivity index (χ2v) is 9.23. The van der Waals surface area contributed by atoms with Gasteiger partial charge in [0.15, 0.2) is 9.84 Å². The van der Waals surface area contributed by atoms with E-state index in [-0.39, 0.29) is 22.8 Å². The molecule has 4 rings (SSSR count). The summed E-state index contributed by atoms with van der Waals surface area (Å²) in [5.74, 6) is -0.611. The van der Waals surface area contributed by atoms with Crippen LogP contribution in [0.15, 0.2) is 88.2 Å². The van der Waals surface area contributed by atoms with Crippen molar-refractivity contribution in [2.75, 3.05) is 6.26 Å². The van der Waals surface area contributed by atoms with E-state index in [0.717, 1.165) is 11.6 Å². The van der Waals surface area contributed by atoms with E-state index in [1.807, 2.05) is 30.3 Å². The molecule has 1 heterocycles. The zero-order chi connectivity index (χ0) is 23.4. The molecule has 4 aromatic rings. The van der Waals surface area contributed by atoms with Crippen molar-refractivity contribution in [1.82, 2.24) is 10.9 Å². The Morgan fingerprint density at radius 2 is 1.48 bits per heavy atom. The summed E-state index contributed by atoms with van der Waals surface area (Å²) in [4.78, 5) is 25.3. The van der Waals surface area contributed by atoms with Crippen LogP contribution in [0.2, 0.25) is 0 Å². The number of carbonyl (C=O) groups excluding carboxylic acids is 2. The van der Waals surface area contributed by atoms with Gasteiger partial charge >= 0.3 is 5.91 Å². The monoisotopic (exact) mass is 464 g/mol. The molecule has 2 amide bonds. The average Bonchev–Trinajstić information content (AvgIpc) is 3.20. The lowest BCUT2D eigenvalue weighted by atomic mass is 10.1. The van der Waals surface area contributed by atoms with Crippen LogP contribution in [0.3, 0.4) is 0 Å². The molecule has 168 valence electrons. The Morgan fingerprint density at radius 1 is 0.848 bits per heavy atom. The SMILES string of the molecule is CS(=O)(=O)c1ccc(C(=O)NNC(=O)c2oc3ccccc3c2COc2ccccc2)cc1. The number of fused-ring (bicyclic) bond motifs is 1. The Bertz CT molecular complexity index is 1410. The van der Waals surface area contributed by atoms with Gasteiger partial charge in [-0.3, -0.25) is 20.4 Å². The van der Waals surface area contributed by atoms with Gasteiger partial charge < -0.3 is 9.15 Å². The Hall–Kier alpha value is -4.11. The number of para-hydroxylation sites is 2. The molecule has 0 saturated heterocycles. The highest BCUT2D eigenvalue weighted by Gasteiger charge is 2.22. The quantitative estimate of drug-likeness (QED) is 0.422. The summed E-state index contributed by atoms with van der Waals surface area (Å²) >= 11 is 0. The third-order valence-electron chi connectivity index (χ3n) is 4.87. The molecule has 33 heavy (non-hydrogen) atoms. The van der Waals surface area contributed by atoms with Crippen LogP contribution in [0.25, 0.3) is 11.0 Å². The smallest absolute Gasteiger partial charge is 0.305 e. The second-order valence-electron chi connectivity index (χ2n) is 7.21. The predicted octanol–water partition coefficient (Wildman–Crippen LogP) is 3.49. The Labute approximate surface area is 190 Å². The summed E-state index contributed by atoms with van der Waals surface area (Å²) in [6.07, 6.45) is 1.08. The molecule has 9 heteroatoms. The van der Waals surface area contributed by atoms with Crippen LogP contribution in [-0.2, 0) is 16.4 Å². The molecule has 3 aromatic carbocycles. The predicted molar refractivity (Wildman–Crippen MR) is 121 cm³/mol. The van der Waals surface area contributed by atoms with E-state index in [2.05, 4.69) is 10.9 Å². The second kappa shape index (κ2) is 9.17. The average molecular weight is 464 g/mol. The number of carbonyl (C=O) groups is 2. The largest absolute Gasteiger partial charge is 0.489 e. The lowest BCUT2D eigenvalue weighted by Gasteiger charge is -2.09. The molecule has 0 atom stereocenters. The highest BCUT2D eigenvalue weighted by molar-refractivity contribution is 7.90. The van der Waals surface area contributed by atoms with Crippen molar-refractivity contribution < 1.29 is 27.2 Å². The van der Waals surface area contributed by atoms with E-state index in [1.165, 1.54) is 24.3 Å². The molecule has 8 nitrogen and oxygen atoms in total. The van der Waals surface area contributed by atoms with Gasteiger partial charge in [0.25, 0.3) is 5.91 Å². The minimum Gasteiger partial charge on any atom is -0.489 e. The minimum atomic E-state index is -3.38. The fourth-order valence-corrected chi connectivity index (χ4v) is 3.82. The number of hydrogen-bond donors (Lipinski definition) is 2. The molecular weight excluding hydrogens is 444 g/mol. The lowest BCUT2D eigenvalue weighted by Crippen LogP contribution is -2.41. The Morgan fingerprint density at radius 3 is 2.18 bits per heavy atom. The first-order valence-corrected chi connectivity index (χ1v) is 11.8. The topological polar surface area (TPSA) is 115 Å². The van der Waals surface area contributed by atoms with E-state index < -0.39 is 21.7 Å². The van der Waals surface area contributed by atoms with Gasteiger partial charge in [-0.15, -0.1) is 0 Å². The van der Waals surface area contributed by atoms with E-state index in [4.69, 9.17) is 9.15 Å². The van der Waals surface area contributed by atoms with Crippen LogP contribution in [0.1, 0.15) is 26.5 Å². The van der Waals surface area contributed by atoms with Crippen molar-refractivity contribution in [3.8, 4) is 5.75 Å². The zero-order valence-electron chi connectivity index (χ0n) is 17.6. The van der Waals surface area contributed by atoms with E-state index in [0.29, 0.717) is 16.9 Å². The number of rotatable bonds is 6. The van der Waals surface area contributed by atoms with Crippen LogP contribution in [0, 0.1) is 0 Å². The first kappa shape index (κ1) is 22.1. The van der Waals surface area contributed by atoms with Crippen molar-refractivity contribution in [3.63, 3.8) is 0 Å². The summed E-state index contributed by atoms with van der Waals surface area (Å²) in [7, 11) is -3.38. The summed E-state index contributed by atoms with van der Waals surface area (Å²) in [5.41, 5.74) is 5.88. The maximum atomic E-state index is 12.8. The fourth-order valence-electron chi connectivity index (χ4n) is 3.19. The number of nitrogens with one attached hydrogen (secondary N) is 2. The van der Waals surface area contributed by atoms with E-state index in [9.17, 15) is 18.0 Å². The maximum absolute atomic E-state index is 12.8. The van der Waals surface area contributed by atoms with Gasteiger partial charge in [-0.2, -0.15) is 0 Å². The van der Waals surface area contributed by atoms with Crippen LogP contribution < -0.4 is 15.6 Å². The maximum Gasteiger partial charge on any atom is 0.305 e. The highest BCUT2D eigenvalue weighted by Crippen LogP contribution is 2.27. The van der Waals surface area contributed by atoms with E-state index in [1.54, 1.807) is 24.3 Å².